The summed E-state index contributed by atoms with van der Waals surface area (Å²) in [6, 6.07) is 6.99. The first-order chi connectivity index (χ1) is 13.1. The fourth-order valence-electron chi connectivity index (χ4n) is 2.34. The number of aldehydes is 1. The van der Waals surface area contributed by atoms with Gasteiger partial charge in [-0.05, 0) is 5.56 Å². The minimum Gasteiger partial charge on any atom is -0.461 e. The van der Waals surface area contributed by atoms with Crippen molar-refractivity contribution in [2.75, 3.05) is 26.1 Å². The molecule has 0 fully saturated rings. The van der Waals surface area contributed by atoms with Crippen LogP contribution in [0.5, 0.6) is 6.01 Å². The van der Waals surface area contributed by atoms with E-state index in [2.05, 4.69) is 15.0 Å². The van der Waals surface area contributed by atoms with Gasteiger partial charge in [0.1, 0.15) is 18.4 Å². The van der Waals surface area contributed by atoms with Crippen molar-refractivity contribution in [3.8, 4) is 6.01 Å². The topological polar surface area (TPSA) is 125 Å². The van der Waals surface area contributed by atoms with Crippen molar-refractivity contribution in [1.82, 2.24) is 19.5 Å². The van der Waals surface area contributed by atoms with Crippen LogP contribution in [0.2, 0.25) is 0 Å². The highest BCUT2D eigenvalue weighted by molar-refractivity contribution is 5.82. The minimum atomic E-state index is -0.357. The van der Waals surface area contributed by atoms with Crippen molar-refractivity contribution >= 4 is 23.3 Å². The lowest BCUT2D eigenvalue weighted by atomic mass is 10.1. The second-order valence-corrected chi connectivity index (χ2v) is 5.31. The molecule has 0 amide bonds. The van der Waals surface area contributed by atoms with E-state index in [0.29, 0.717) is 23.3 Å². The number of anilines is 1. The lowest BCUT2D eigenvalue weighted by molar-refractivity contribution is 0.112. The third-order valence-corrected chi connectivity index (χ3v) is 3.61. The maximum Gasteiger partial charge on any atom is 0.328 e. The Kier molecular flexibility index (Phi) is 7.07. The molecule has 0 saturated heterocycles. The summed E-state index contributed by atoms with van der Waals surface area (Å²) in [5, 5.41) is 0. The van der Waals surface area contributed by atoms with Crippen LogP contribution < -0.4 is 16.2 Å². The number of fused-ring (bicyclic) bond motifs is 1. The predicted molar refractivity (Wildman–Crippen MR) is 102 cm³/mol. The molecule has 2 heterocycles. The van der Waals surface area contributed by atoms with Gasteiger partial charge in [0.2, 0.25) is 0 Å². The average molecular weight is 373 g/mol. The molecule has 3 N–H and O–H groups in total. The van der Waals surface area contributed by atoms with Gasteiger partial charge in [0.05, 0.1) is 13.2 Å². The molecule has 9 nitrogen and oxygen atoms in total. The first kappa shape index (κ1) is 20.1. The predicted octanol–water partition coefficient (Wildman–Crippen LogP) is 1.61. The van der Waals surface area contributed by atoms with Crippen molar-refractivity contribution in [2.45, 2.75) is 20.4 Å². The number of ether oxygens (including phenoxy) is 2. The Balaban J connectivity index is 0.00000126. The quantitative estimate of drug-likeness (QED) is 0.476. The molecule has 144 valence electrons. The number of imidazole rings is 1. The Hall–Kier alpha value is -3.20. The number of nitrogens with zero attached hydrogens (tertiary/aromatic N) is 3. The summed E-state index contributed by atoms with van der Waals surface area (Å²) in [6.07, 6.45) is 0.763. The smallest absolute Gasteiger partial charge is 0.328 e. The molecule has 0 radical (unpaired) electrons. The molecule has 0 atom stereocenters. The number of carbonyl (C=O) groups excluding carboxylic acids is 1. The van der Waals surface area contributed by atoms with Crippen LogP contribution in [-0.2, 0) is 11.3 Å². The molecule has 27 heavy (non-hydrogen) atoms. The number of methoxy groups -OCH3 is 1. The van der Waals surface area contributed by atoms with Crippen molar-refractivity contribution < 1.29 is 14.3 Å². The summed E-state index contributed by atoms with van der Waals surface area (Å²) >= 11 is 0. The Morgan fingerprint density at radius 1 is 1.19 bits per heavy atom. The van der Waals surface area contributed by atoms with E-state index in [1.807, 2.05) is 13.8 Å². The molecule has 3 aromatic rings. The normalized spacial score (nSPS) is 10.3. The van der Waals surface area contributed by atoms with E-state index >= 15 is 0 Å². The Morgan fingerprint density at radius 2 is 1.89 bits per heavy atom. The number of aromatic nitrogens is 4. The summed E-state index contributed by atoms with van der Waals surface area (Å²) in [7, 11) is 1.56. The zero-order valence-electron chi connectivity index (χ0n) is 15.6. The fraction of sp³-hybridized carbons (Fsp3) is 0.333. The SMILES string of the molecule is CC.COCCOc1nc(N)c2[nH]c(=O)n(Cc3ccc(C=O)cc3)c2n1. The molecular weight excluding hydrogens is 350 g/mol. The van der Waals surface area contributed by atoms with Crippen LogP contribution in [0.15, 0.2) is 29.1 Å². The molecule has 0 bridgehead atoms. The fourth-order valence-corrected chi connectivity index (χ4v) is 2.34. The van der Waals surface area contributed by atoms with Gasteiger partial charge >= 0.3 is 11.7 Å². The Morgan fingerprint density at radius 3 is 2.52 bits per heavy atom. The monoisotopic (exact) mass is 373 g/mol. The van der Waals surface area contributed by atoms with Crippen LogP contribution in [0.3, 0.4) is 0 Å². The van der Waals surface area contributed by atoms with E-state index in [0.717, 1.165) is 11.8 Å². The van der Waals surface area contributed by atoms with Gasteiger partial charge in [0.25, 0.3) is 0 Å². The lowest BCUT2D eigenvalue weighted by Gasteiger charge is -2.07. The summed E-state index contributed by atoms with van der Waals surface area (Å²) < 4.78 is 11.7. The number of nitrogens with two attached hydrogens (primary N) is 1. The number of hydrogen-bond donors (Lipinski definition) is 2. The van der Waals surface area contributed by atoms with Crippen LogP contribution in [0.25, 0.3) is 11.2 Å². The third kappa shape index (κ3) is 4.70. The number of hydrogen-bond acceptors (Lipinski definition) is 7. The average Bonchev–Trinajstić information content (AvgIpc) is 3.00. The summed E-state index contributed by atoms with van der Waals surface area (Å²) in [5.41, 5.74) is 7.65. The maximum atomic E-state index is 12.3. The minimum absolute atomic E-state index is 0.0751. The number of H-pyrrole nitrogens is 1. The van der Waals surface area contributed by atoms with Gasteiger partial charge in [-0.3, -0.25) is 9.36 Å². The second-order valence-electron chi connectivity index (χ2n) is 5.31. The largest absolute Gasteiger partial charge is 0.461 e. The van der Waals surface area contributed by atoms with Crippen molar-refractivity contribution in [1.29, 1.82) is 0 Å². The molecule has 9 heteroatoms. The van der Waals surface area contributed by atoms with E-state index < -0.39 is 0 Å². The Labute approximate surface area is 156 Å². The molecule has 0 unspecified atom stereocenters. The molecule has 0 saturated carbocycles. The molecule has 0 spiro atoms. The summed E-state index contributed by atoms with van der Waals surface area (Å²) in [6.45, 7) is 4.92. The molecule has 0 aliphatic rings. The third-order valence-electron chi connectivity index (χ3n) is 3.61. The highest BCUT2D eigenvalue weighted by atomic mass is 16.5. The van der Waals surface area contributed by atoms with Crippen molar-refractivity contribution in [3.63, 3.8) is 0 Å². The van der Waals surface area contributed by atoms with Crippen molar-refractivity contribution in [2.24, 2.45) is 0 Å². The highest BCUT2D eigenvalue weighted by Crippen LogP contribution is 2.18. The van der Waals surface area contributed by atoms with Crippen molar-refractivity contribution in [3.05, 3.63) is 45.9 Å². The second kappa shape index (κ2) is 9.48. The lowest BCUT2D eigenvalue weighted by Crippen LogP contribution is -2.18. The van der Waals surface area contributed by atoms with Crippen LogP contribution in [-0.4, -0.2) is 46.1 Å². The number of benzene rings is 1. The van der Waals surface area contributed by atoms with E-state index in [1.54, 1.807) is 31.4 Å². The van der Waals surface area contributed by atoms with E-state index in [4.69, 9.17) is 15.2 Å². The first-order valence-electron chi connectivity index (χ1n) is 8.54. The number of nitrogens with one attached hydrogen (secondary N) is 1. The van der Waals surface area contributed by atoms with Gasteiger partial charge < -0.3 is 20.2 Å². The van der Waals surface area contributed by atoms with Gasteiger partial charge in [0.15, 0.2) is 11.5 Å². The molecule has 0 aliphatic carbocycles. The van der Waals surface area contributed by atoms with E-state index in [-0.39, 0.29) is 30.7 Å². The van der Waals surface area contributed by atoms with Gasteiger partial charge in [0, 0.05) is 12.7 Å². The summed E-state index contributed by atoms with van der Waals surface area (Å²) in [5.74, 6) is 0.129. The molecule has 0 aliphatic heterocycles. The number of rotatable bonds is 7. The maximum absolute atomic E-state index is 12.3. The van der Waals surface area contributed by atoms with E-state index in [9.17, 15) is 9.59 Å². The molecular formula is C18H23N5O4. The van der Waals surface area contributed by atoms with Gasteiger partial charge in [-0.15, -0.1) is 0 Å². The number of nitrogen functional groups attached to an aromatic ring is 1. The van der Waals surface area contributed by atoms with Crippen LogP contribution >= 0.6 is 0 Å². The Bertz CT molecular complexity index is 947. The molecule has 1 aromatic carbocycles. The van der Waals surface area contributed by atoms with Crippen LogP contribution in [0.1, 0.15) is 29.8 Å². The van der Waals surface area contributed by atoms with E-state index in [1.165, 1.54) is 4.57 Å². The first-order valence-corrected chi connectivity index (χ1v) is 8.54. The van der Waals surface area contributed by atoms with Gasteiger partial charge in [-0.1, -0.05) is 38.1 Å². The van der Waals surface area contributed by atoms with Gasteiger partial charge in [-0.25, -0.2) is 4.79 Å². The van der Waals surface area contributed by atoms with Crippen LogP contribution in [0.4, 0.5) is 5.82 Å². The highest BCUT2D eigenvalue weighted by Gasteiger charge is 2.15. The standard InChI is InChI=1S/C16H17N5O4.C2H6/c1-24-6-7-25-15-19-13(17)12-14(20-15)21(16(23)18-12)8-10-2-4-11(9-22)5-3-10;1-2/h2-5,9H,6-8H2,1H3,(H,18,23)(H2,17,19,20);1-2H3. The van der Waals surface area contributed by atoms with Gasteiger partial charge in [-0.2, -0.15) is 9.97 Å². The number of aromatic amines is 1. The zero-order chi connectivity index (χ0) is 19.8. The van der Waals surface area contributed by atoms with Crippen LogP contribution in [0, 0.1) is 0 Å². The molecule has 2 aromatic heterocycles. The number of carbonyl (C=O) groups is 1. The molecule has 3 rings (SSSR count). The summed E-state index contributed by atoms with van der Waals surface area (Å²) in [4.78, 5) is 33.9. The zero-order valence-corrected chi connectivity index (χ0v) is 15.6.